The molecule has 0 atom stereocenters. The highest BCUT2D eigenvalue weighted by Gasteiger charge is 2.13. The molecule has 23 heavy (non-hydrogen) atoms. The Kier molecular flexibility index (Phi) is 4.65. The molecule has 2 aromatic rings. The number of hydrogen-bond donors (Lipinski definition) is 0. The van der Waals surface area contributed by atoms with Crippen LogP contribution in [-0.2, 0) is 13.6 Å². The van der Waals surface area contributed by atoms with Gasteiger partial charge in [0.05, 0.1) is 13.7 Å². The van der Waals surface area contributed by atoms with Crippen LogP contribution in [-0.4, -0.2) is 21.5 Å². The number of rotatable bonds is 3. The van der Waals surface area contributed by atoms with Crippen molar-refractivity contribution in [2.24, 2.45) is 12.5 Å². The fourth-order valence-corrected chi connectivity index (χ4v) is 2.12. The standard InChI is InChI=1S/C18H23N3O2/c1-13-7-8-14(9-10-18(2,3)4)11-15(13)12-21-16(23-6)19-20(5)17(21)22/h7-8,11H,12H2,1-6H3. The molecule has 0 fully saturated rings. The van der Waals surface area contributed by atoms with Gasteiger partial charge in [-0.2, -0.15) is 0 Å². The summed E-state index contributed by atoms with van der Waals surface area (Å²) in [4.78, 5) is 12.2. The predicted molar refractivity (Wildman–Crippen MR) is 90.6 cm³/mol. The van der Waals surface area contributed by atoms with Crippen molar-refractivity contribution in [1.29, 1.82) is 0 Å². The van der Waals surface area contributed by atoms with Crippen LogP contribution in [0.1, 0.15) is 37.5 Å². The van der Waals surface area contributed by atoms with Crippen molar-refractivity contribution in [3.8, 4) is 17.9 Å². The van der Waals surface area contributed by atoms with Gasteiger partial charge in [0.1, 0.15) is 0 Å². The molecule has 1 heterocycles. The summed E-state index contributed by atoms with van der Waals surface area (Å²) in [6, 6.07) is 6.35. The molecular formula is C18H23N3O2. The van der Waals surface area contributed by atoms with E-state index >= 15 is 0 Å². The number of aromatic nitrogens is 3. The summed E-state index contributed by atoms with van der Waals surface area (Å²) < 4.78 is 7.98. The van der Waals surface area contributed by atoms with Gasteiger partial charge >= 0.3 is 11.7 Å². The van der Waals surface area contributed by atoms with Gasteiger partial charge in [-0.1, -0.05) is 17.9 Å². The van der Waals surface area contributed by atoms with Crippen LogP contribution < -0.4 is 10.4 Å². The smallest absolute Gasteiger partial charge is 0.348 e. The highest BCUT2D eigenvalue weighted by atomic mass is 16.5. The number of methoxy groups -OCH3 is 1. The summed E-state index contributed by atoms with van der Waals surface area (Å²) in [6.07, 6.45) is 0. The molecule has 2 rings (SSSR count). The fraction of sp³-hybridized carbons (Fsp3) is 0.444. The van der Waals surface area contributed by atoms with Gasteiger partial charge in [-0.15, -0.1) is 5.10 Å². The van der Waals surface area contributed by atoms with Crippen molar-refractivity contribution >= 4 is 0 Å². The number of benzene rings is 1. The summed E-state index contributed by atoms with van der Waals surface area (Å²) in [5.41, 5.74) is 2.82. The minimum absolute atomic E-state index is 0.0471. The van der Waals surface area contributed by atoms with E-state index in [1.165, 1.54) is 16.4 Å². The second-order valence-electron chi connectivity index (χ2n) is 6.62. The number of nitrogens with zero attached hydrogens (tertiary/aromatic N) is 3. The molecule has 0 radical (unpaired) electrons. The van der Waals surface area contributed by atoms with Gasteiger partial charge in [-0.25, -0.2) is 14.0 Å². The first-order chi connectivity index (χ1) is 10.7. The molecule has 0 bridgehead atoms. The van der Waals surface area contributed by atoms with E-state index in [4.69, 9.17) is 4.74 Å². The van der Waals surface area contributed by atoms with Crippen molar-refractivity contribution < 1.29 is 4.74 Å². The van der Waals surface area contributed by atoms with E-state index in [0.717, 1.165) is 16.7 Å². The van der Waals surface area contributed by atoms with Crippen LogP contribution in [0.2, 0.25) is 0 Å². The van der Waals surface area contributed by atoms with E-state index in [-0.39, 0.29) is 11.1 Å². The van der Waals surface area contributed by atoms with Gasteiger partial charge < -0.3 is 4.74 Å². The molecule has 122 valence electrons. The van der Waals surface area contributed by atoms with E-state index in [1.54, 1.807) is 7.05 Å². The van der Waals surface area contributed by atoms with Gasteiger partial charge in [0, 0.05) is 18.0 Å². The summed E-state index contributed by atoms with van der Waals surface area (Å²) in [7, 11) is 3.12. The van der Waals surface area contributed by atoms with E-state index in [2.05, 4.69) is 37.7 Å². The summed E-state index contributed by atoms with van der Waals surface area (Å²) in [6.45, 7) is 8.66. The Bertz CT molecular complexity index is 827. The van der Waals surface area contributed by atoms with Crippen LogP contribution in [0.5, 0.6) is 6.01 Å². The Labute approximate surface area is 136 Å². The first-order valence-corrected chi connectivity index (χ1v) is 7.52. The van der Waals surface area contributed by atoms with Gasteiger partial charge in [0.2, 0.25) is 0 Å². The lowest BCUT2D eigenvalue weighted by Gasteiger charge is -2.09. The van der Waals surface area contributed by atoms with Crippen molar-refractivity contribution in [2.75, 3.05) is 7.11 Å². The van der Waals surface area contributed by atoms with E-state index in [1.807, 2.05) is 25.1 Å². The average molecular weight is 313 g/mol. The first kappa shape index (κ1) is 16.9. The molecule has 0 aliphatic carbocycles. The maximum Gasteiger partial charge on any atom is 0.348 e. The topological polar surface area (TPSA) is 49.1 Å². The quantitative estimate of drug-likeness (QED) is 0.817. The number of aryl methyl sites for hydroxylation is 2. The third-order valence-electron chi connectivity index (χ3n) is 3.42. The predicted octanol–water partition coefficient (Wildman–Crippen LogP) is 2.34. The Morgan fingerprint density at radius 2 is 2.00 bits per heavy atom. The fourth-order valence-electron chi connectivity index (χ4n) is 2.12. The molecule has 1 aromatic carbocycles. The van der Waals surface area contributed by atoms with Crippen LogP contribution in [0.25, 0.3) is 0 Å². The Hall–Kier alpha value is -2.48. The monoisotopic (exact) mass is 313 g/mol. The second-order valence-corrected chi connectivity index (χ2v) is 6.62. The normalized spacial score (nSPS) is 11.0. The first-order valence-electron chi connectivity index (χ1n) is 7.52. The van der Waals surface area contributed by atoms with Gasteiger partial charge in [0.15, 0.2) is 0 Å². The van der Waals surface area contributed by atoms with Gasteiger partial charge in [-0.05, 0) is 51.0 Å². The molecule has 0 aliphatic heterocycles. The molecule has 0 saturated carbocycles. The van der Waals surface area contributed by atoms with Crippen molar-refractivity contribution in [1.82, 2.24) is 14.3 Å². The SMILES string of the molecule is COc1nn(C)c(=O)n1Cc1cc(C#CC(C)(C)C)ccc1C. The van der Waals surface area contributed by atoms with Crippen LogP contribution in [0.4, 0.5) is 0 Å². The second kappa shape index (κ2) is 6.33. The average Bonchev–Trinajstić information content (AvgIpc) is 2.75. The number of ether oxygens (including phenoxy) is 1. The lowest BCUT2D eigenvalue weighted by atomic mass is 9.97. The molecule has 0 spiro atoms. The third-order valence-corrected chi connectivity index (χ3v) is 3.42. The molecule has 0 N–H and O–H groups in total. The number of hydrogen-bond acceptors (Lipinski definition) is 3. The molecule has 1 aromatic heterocycles. The molecular weight excluding hydrogens is 290 g/mol. The highest BCUT2D eigenvalue weighted by molar-refractivity contribution is 5.41. The molecule has 5 nitrogen and oxygen atoms in total. The van der Waals surface area contributed by atoms with E-state index < -0.39 is 0 Å². The summed E-state index contributed by atoms with van der Waals surface area (Å²) in [5.74, 6) is 6.42. The summed E-state index contributed by atoms with van der Waals surface area (Å²) in [5, 5.41) is 4.06. The zero-order valence-electron chi connectivity index (χ0n) is 14.6. The molecule has 0 amide bonds. The maximum atomic E-state index is 12.2. The Morgan fingerprint density at radius 1 is 1.30 bits per heavy atom. The van der Waals surface area contributed by atoms with E-state index in [0.29, 0.717) is 12.6 Å². The lowest BCUT2D eigenvalue weighted by Crippen LogP contribution is -2.23. The minimum Gasteiger partial charge on any atom is -0.467 e. The van der Waals surface area contributed by atoms with Crippen molar-refractivity contribution in [3.05, 3.63) is 45.4 Å². The van der Waals surface area contributed by atoms with Crippen molar-refractivity contribution in [3.63, 3.8) is 0 Å². The maximum absolute atomic E-state index is 12.2. The molecule has 0 saturated heterocycles. The zero-order valence-corrected chi connectivity index (χ0v) is 14.6. The van der Waals surface area contributed by atoms with Crippen LogP contribution in [0.3, 0.4) is 0 Å². The third kappa shape index (κ3) is 4.04. The summed E-state index contributed by atoms with van der Waals surface area (Å²) >= 11 is 0. The minimum atomic E-state index is -0.201. The van der Waals surface area contributed by atoms with Gasteiger partial charge in [0.25, 0.3) is 0 Å². The van der Waals surface area contributed by atoms with Crippen LogP contribution in [0, 0.1) is 24.2 Å². The Morgan fingerprint density at radius 3 is 2.61 bits per heavy atom. The van der Waals surface area contributed by atoms with E-state index in [9.17, 15) is 4.79 Å². The lowest BCUT2D eigenvalue weighted by molar-refractivity contribution is 0.357. The molecule has 0 aliphatic rings. The van der Waals surface area contributed by atoms with Crippen LogP contribution >= 0.6 is 0 Å². The van der Waals surface area contributed by atoms with Crippen LogP contribution in [0.15, 0.2) is 23.0 Å². The molecule has 5 heteroatoms. The largest absolute Gasteiger partial charge is 0.467 e. The molecule has 0 unspecified atom stereocenters. The van der Waals surface area contributed by atoms with Crippen molar-refractivity contribution in [2.45, 2.75) is 34.2 Å². The zero-order chi connectivity index (χ0) is 17.2. The highest BCUT2D eigenvalue weighted by Crippen LogP contribution is 2.16. The van der Waals surface area contributed by atoms with Gasteiger partial charge in [-0.3, -0.25) is 0 Å². The Balaban J connectivity index is 2.41.